The quantitative estimate of drug-likeness (QED) is 0.401. The van der Waals surface area contributed by atoms with Crippen LogP contribution in [0.4, 0.5) is 5.69 Å². The van der Waals surface area contributed by atoms with Gasteiger partial charge in [0.1, 0.15) is 11.5 Å². The number of hydrogen-bond donors (Lipinski definition) is 2. The Morgan fingerprint density at radius 1 is 1.29 bits per heavy atom. The minimum atomic E-state index is -0.351. The standard InChI is InChI=1S/C22H24N2O3S/c1-15-6-8-19(25)18(12-15)24-21(26)14-27-20-9-7-16(28-11-5-10-23)13-17(20)22(2,3)4/h5-9,11-13,25H,14H2,1-4H3,(H,24,26). The van der Waals surface area contributed by atoms with Crippen LogP contribution in [0.1, 0.15) is 31.9 Å². The van der Waals surface area contributed by atoms with E-state index in [2.05, 4.69) is 26.1 Å². The van der Waals surface area contributed by atoms with Crippen LogP contribution in [0.5, 0.6) is 11.5 Å². The fourth-order valence-electron chi connectivity index (χ4n) is 2.52. The number of anilines is 1. The van der Waals surface area contributed by atoms with Crippen molar-refractivity contribution in [3.8, 4) is 17.6 Å². The number of benzene rings is 2. The van der Waals surface area contributed by atoms with Crippen molar-refractivity contribution < 1.29 is 14.6 Å². The molecule has 0 unspecified atom stereocenters. The molecule has 6 heteroatoms. The van der Waals surface area contributed by atoms with Gasteiger partial charge in [-0.1, -0.05) is 38.6 Å². The monoisotopic (exact) mass is 396 g/mol. The van der Waals surface area contributed by atoms with Crippen molar-refractivity contribution in [2.75, 3.05) is 11.9 Å². The number of thioether (sulfide) groups is 1. The number of amides is 1. The fourth-order valence-corrected chi connectivity index (χ4v) is 3.14. The fraction of sp³-hybridized carbons (Fsp3) is 0.273. The van der Waals surface area contributed by atoms with E-state index in [1.807, 2.05) is 31.2 Å². The number of aromatic hydroxyl groups is 1. The summed E-state index contributed by atoms with van der Waals surface area (Å²) in [7, 11) is 0. The molecule has 0 spiro atoms. The largest absolute Gasteiger partial charge is 0.506 e. The number of ether oxygens (including phenoxy) is 1. The van der Waals surface area contributed by atoms with Crippen molar-refractivity contribution in [1.82, 2.24) is 0 Å². The first-order valence-corrected chi connectivity index (χ1v) is 9.67. The van der Waals surface area contributed by atoms with Gasteiger partial charge < -0.3 is 15.2 Å². The van der Waals surface area contributed by atoms with Crippen molar-refractivity contribution in [3.05, 3.63) is 59.0 Å². The first-order chi connectivity index (χ1) is 13.2. The zero-order valence-corrected chi connectivity index (χ0v) is 17.3. The lowest BCUT2D eigenvalue weighted by molar-refractivity contribution is -0.118. The summed E-state index contributed by atoms with van der Waals surface area (Å²) < 4.78 is 5.78. The lowest BCUT2D eigenvalue weighted by Gasteiger charge is -2.23. The summed E-state index contributed by atoms with van der Waals surface area (Å²) in [5.74, 6) is 0.294. The van der Waals surface area contributed by atoms with E-state index in [4.69, 9.17) is 10.00 Å². The van der Waals surface area contributed by atoms with Crippen LogP contribution in [0.15, 0.2) is 52.8 Å². The van der Waals surface area contributed by atoms with E-state index in [0.29, 0.717) is 11.4 Å². The van der Waals surface area contributed by atoms with E-state index in [1.165, 1.54) is 17.8 Å². The second-order valence-corrected chi connectivity index (χ2v) is 8.29. The number of allylic oxidation sites excluding steroid dienone is 1. The number of aryl methyl sites for hydroxylation is 1. The van der Waals surface area contributed by atoms with Gasteiger partial charge in [-0.15, -0.1) is 0 Å². The maximum atomic E-state index is 12.3. The van der Waals surface area contributed by atoms with Gasteiger partial charge in [0.05, 0.1) is 11.8 Å². The number of hydrogen-bond acceptors (Lipinski definition) is 5. The van der Waals surface area contributed by atoms with Crippen LogP contribution in [0.2, 0.25) is 0 Å². The van der Waals surface area contributed by atoms with Crippen LogP contribution >= 0.6 is 11.8 Å². The van der Waals surface area contributed by atoms with Crippen molar-refractivity contribution in [2.24, 2.45) is 0 Å². The van der Waals surface area contributed by atoms with Crippen molar-refractivity contribution in [1.29, 1.82) is 5.26 Å². The summed E-state index contributed by atoms with van der Waals surface area (Å²) >= 11 is 1.45. The smallest absolute Gasteiger partial charge is 0.262 e. The molecule has 0 aliphatic carbocycles. The summed E-state index contributed by atoms with van der Waals surface area (Å²) in [6, 6.07) is 12.7. The molecule has 0 saturated carbocycles. The summed E-state index contributed by atoms with van der Waals surface area (Å²) in [4.78, 5) is 13.2. The molecule has 2 aromatic carbocycles. The third-order valence-corrected chi connectivity index (χ3v) is 4.69. The molecular weight excluding hydrogens is 372 g/mol. The Morgan fingerprint density at radius 3 is 2.71 bits per heavy atom. The normalized spacial score (nSPS) is 11.2. The Balaban J connectivity index is 2.12. The minimum Gasteiger partial charge on any atom is -0.506 e. The summed E-state index contributed by atoms with van der Waals surface area (Å²) in [5.41, 5.74) is 2.08. The molecule has 2 aromatic rings. The maximum Gasteiger partial charge on any atom is 0.262 e. The second kappa shape index (κ2) is 9.34. The highest BCUT2D eigenvalue weighted by molar-refractivity contribution is 8.02. The molecule has 0 saturated heterocycles. The molecule has 0 atom stereocenters. The number of nitrogens with zero attached hydrogens (tertiary/aromatic N) is 1. The number of phenols is 1. The molecule has 28 heavy (non-hydrogen) atoms. The number of nitriles is 1. The summed E-state index contributed by atoms with van der Waals surface area (Å²) in [6.07, 6.45) is 1.43. The second-order valence-electron chi connectivity index (χ2n) is 7.32. The van der Waals surface area contributed by atoms with Gasteiger partial charge in [0, 0.05) is 16.5 Å². The zero-order chi connectivity index (χ0) is 20.7. The molecule has 1 amide bonds. The third kappa shape index (κ3) is 6.07. The Bertz CT molecular complexity index is 924. The Hall–Kier alpha value is -2.91. The number of phenolic OH excluding ortho intramolecular Hbond substituents is 1. The number of carbonyl (C=O) groups is 1. The van der Waals surface area contributed by atoms with Crippen molar-refractivity contribution >= 4 is 23.4 Å². The molecule has 146 valence electrons. The van der Waals surface area contributed by atoms with E-state index in [1.54, 1.807) is 23.6 Å². The highest BCUT2D eigenvalue weighted by Gasteiger charge is 2.20. The van der Waals surface area contributed by atoms with Crippen LogP contribution in [0.25, 0.3) is 0 Å². The molecule has 0 aliphatic rings. The molecule has 0 radical (unpaired) electrons. The number of rotatable bonds is 6. The third-order valence-electron chi connectivity index (χ3n) is 3.89. The molecular formula is C22H24N2O3S. The van der Waals surface area contributed by atoms with Gasteiger partial charge >= 0.3 is 0 Å². The number of carbonyl (C=O) groups excluding carboxylic acids is 1. The van der Waals surface area contributed by atoms with Gasteiger partial charge in [-0.3, -0.25) is 4.79 Å². The average molecular weight is 397 g/mol. The van der Waals surface area contributed by atoms with Crippen LogP contribution in [-0.2, 0) is 10.2 Å². The molecule has 0 aromatic heterocycles. The average Bonchev–Trinajstić information content (AvgIpc) is 2.63. The van der Waals surface area contributed by atoms with Gasteiger partial charge in [0.25, 0.3) is 5.91 Å². The van der Waals surface area contributed by atoms with Gasteiger partial charge in [0.2, 0.25) is 0 Å². The van der Waals surface area contributed by atoms with Crippen LogP contribution in [-0.4, -0.2) is 17.6 Å². The lowest BCUT2D eigenvalue weighted by atomic mass is 9.86. The van der Waals surface area contributed by atoms with Gasteiger partial charge in [-0.2, -0.15) is 5.26 Å². The highest BCUT2D eigenvalue weighted by atomic mass is 32.2. The Kier molecular flexibility index (Phi) is 7.13. The predicted octanol–water partition coefficient (Wildman–Crippen LogP) is 5.15. The Morgan fingerprint density at radius 2 is 2.04 bits per heavy atom. The zero-order valence-electron chi connectivity index (χ0n) is 16.4. The number of nitrogens with one attached hydrogen (secondary N) is 1. The van der Waals surface area contributed by atoms with Crippen LogP contribution in [0, 0.1) is 18.3 Å². The minimum absolute atomic E-state index is 0.0149. The first-order valence-electron chi connectivity index (χ1n) is 8.79. The van der Waals surface area contributed by atoms with Crippen molar-refractivity contribution in [3.63, 3.8) is 0 Å². The topological polar surface area (TPSA) is 82.3 Å². The van der Waals surface area contributed by atoms with E-state index < -0.39 is 0 Å². The molecule has 2 rings (SSSR count). The summed E-state index contributed by atoms with van der Waals surface area (Å²) in [5, 5.41) is 22.9. The van der Waals surface area contributed by atoms with E-state index in [0.717, 1.165) is 16.0 Å². The molecule has 0 heterocycles. The van der Waals surface area contributed by atoms with Gasteiger partial charge in [-0.05, 0) is 53.6 Å². The van der Waals surface area contributed by atoms with Crippen LogP contribution in [0.3, 0.4) is 0 Å². The SMILES string of the molecule is Cc1ccc(O)c(NC(=O)COc2ccc(SC=CC#N)cc2C(C)(C)C)c1. The molecule has 0 fully saturated rings. The predicted molar refractivity (Wildman–Crippen MR) is 113 cm³/mol. The lowest BCUT2D eigenvalue weighted by Crippen LogP contribution is -2.22. The van der Waals surface area contributed by atoms with Crippen LogP contribution < -0.4 is 10.1 Å². The molecule has 5 nitrogen and oxygen atoms in total. The van der Waals surface area contributed by atoms with Gasteiger partial charge in [0.15, 0.2) is 6.61 Å². The van der Waals surface area contributed by atoms with Gasteiger partial charge in [-0.25, -0.2) is 0 Å². The molecule has 2 N–H and O–H groups in total. The molecule has 0 bridgehead atoms. The molecule has 0 aliphatic heterocycles. The van der Waals surface area contributed by atoms with E-state index >= 15 is 0 Å². The maximum absolute atomic E-state index is 12.3. The summed E-state index contributed by atoms with van der Waals surface area (Å²) in [6.45, 7) is 7.92. The first kappa shape index (κ1) is 21.4. The highest BCUT2D eigenvalue weighted by Crippen LogP contribution is 2.35. The van der Waals surface area contributed by atoms with Crippen molar-refractivity contribution in [2.45, 2.75) is 38.0 Å². The van der Waals surface area contributed by atoms with E-state index in [9.17, 15) is 9.90 Å². The van der Waals surface area contributed by atoms with E-state index in [-0.39, 0.29) is 23.7 Å². The Labute approximate surface area is 170 Å².